The average molecular weight is 301 g/mol. The molecule has 20 heavy (non-hydrogen) atoms. The molecular weight excluding hydrogens is 288 g/mol. The Morgan fingerprint density at radius 2 is 2.15 bits per heavy atom. The van der Waals surface area contributed by atoms with Crippen LogP contribution in [0.15, 0.2) is 18.2 Å². The summed E-state index contributed by atoms with van der Waals surface area (Å²) >= 11 is 5.71. The van der Waals surface area contributed by atoms with Crippen molar-refractivity contribution in [2.45, 2.75) is 25.8 Å². The van der Waals surface area contributed by atoms with Crippen LogP contribution in [-0.4, -0.2) is 27.9 Å². The average Bonchev–Trinajstić information content (AvgIpc) is 2.36. The molecule has 0 aliphatic rings. The lowest BCUT2D eigenvalue weighted by atomic mass is 10.1. The van der Waals surface area contributed by atoms with Gasteiger partial charge in [0, 0.05) is 17.7 Å². The molecule has 2 N–H and O–H groups in total. The number of carbonyl (C=O) groups is 2. The number of hydrogen-bond acceptors (Lipinski definition) is 4. The molecule has 1 rings (SSSR count). The van der Waals surface area contributed by atoms with Gasteiger partial charge in [-0.2, -0.15) is 0 Å². The quantitative estimate of drug-likeness (QED) is 0.618. The van der Waals surface area contributed by atoms with Crippen molar-refractivity contribution in [3.63, 3.8) is 0 Å². The molecule has 0 spiro atoms. The second-order valence-corrected chi connectivity index (χ2v) is 4.51. The first kappa shape index (κ1) is 15.9. The minimum atomic E-state index is -1.01. The van der Waals surface area contributed by atoms with Crippen LogP contribution < -0.4 is 5.32 Å². The van der Waals surface area contributed by atoms with Crippen LogP contribution in [0.4, 0.5) is 5.69 Å². The van der Waals surface area contributed by atoms with E-state index in [1.165, 1.54) is 12.1 Å². The number of nitro groups is 1. The van der Waals surface area contributed by atoms with Gasteiger partial charge < -0.3 is 10.4 Å². The van der Waals surface area contributed by atoms with Gasteiger partial charge in [0.25, 0.3) is 11.6 Å². The smallest absolute Gasteiger partial charge is 0.305 e. The Kier molecular flexibility index (Phi) is 5.45. The molecule has 7 nitrogen and oxygen atoms in total. The predicted molar refractivity (Wildman–Crippen MR) is 71.9 cm³/mol. The third-order valence-corrected chi connectivity index (χ3v) is 2.96. The first-order valence-corrected chi connectivity index (χ1v) is 6.19. The first-order chi connectivity index (χ1) is 9.35. The molecule has 1 aromatic carbocycles. The Labute approximate surface area is 119 Å². The molecule has 0 saturated carbocycles. The van der Waals surface area contributed by atoms with Crippen molar-refractivity contribution in [2.75, 3.05) is 0 Å². The predicted octanol–water partition coefficient (Wildman–Crippen LogP) is 2.23. The van der Waals surface area contributed by atoms with Gasteiger partial charge in [0.15, 0.2) is 0 Å². The summed E-state index contributed by atoms with van der Waals surface area (Å²) < 4.78 is 0. The molecule has 1 unspecified atom stereocenters. The summed E-state index contributed by atoms with van der Waals surface area (Å²) in [5.74, 6) is -1.53. The van der Waals surface area contributed by atoms with Crippen LogP contribution >= 0.6 is 11.6 Å². The summed E-state index contributed by atoms with van der Waals surface area (Å²) in [6.45, 7) is 1.75. The number of amides is 1. The number of nitrogens with zero attached hydrogens (tertiary/aromatic N) is 1. The van der Waals surface area contributed by atoms with Crippen LogP contribution in [0.3, 0.4) is 0 Å². The molecule has 0 aliphatic heterocycles. The van der Waals surface area contributed by atoms with Crippen molar-refractivity contribution in [1.29, 1.82) is 0 Å². The number of benzene rings is 1. The lowest BCUT2D eigenvalue weighted by Gasteiger charge is -2.14. The molecule has 0 radical (unpaired) electrons. The Hall–Kier alpha value is -2.15. The maximum absolute atomic E-state index is 11.9. The number of carboxylic acid groups (broad SMARTS) is 1. The van der Waals surface area contributed by atoms with E-state index in [2.05, 4.69) is 5.32 Å². The van der Waals surface area contributed by atoms with Gasteiger partial charge in [0.05, 0.1) is 11.3 Å². The molecule has 8 heteroatoms. The fraction of sp³-hybridized carbons (Fsp3) is 0.333. The van der Waals surface area contributed by atoms with Crippen LogP contribution in [0.1, 0.15) is 30.1 Å². The summed E-state index contributed by atoms with van der Waals surface area (Å²) in [5, 5.41) is 21.7. The van der Waals surface area contributed by atoms with Crippen molar-refractivity contribution in [3.05, 3.63) is 38.9 Å². The highest BCUT2D eigenvalue weighted by atomic mass is 35.5. The molecule has 0 aliphatic carbocycles. The van der Waals surface area contributed by atoms with Gasteiger partial charge in [-0.15, -0.1) is 0 Å². The van der Waals surface area contributed by atoms with Crippen LogP contribution in [-0.2, 0) is 4.79 Å². The summed E-state index contributed by atoms with van der Waals surface area (Å²) in [6.07, 6.45) is 0.266. The van der Waals surface area contributed by atoms with Crippen molar-refractivity contribution in [3.8, 4) is 0 Å². The summed E-state index contributed by atoms with van der Waals surface area (Å²) in [4.78, 5) is 32.5. The van der Waals surface area contributed by atoms with Crippen LogP contribution in [0.25, 0.3) is 0 Å². The number of rotatable bonds is 6. The normalized spacial score (nSPS) is 11.7. The molecule has 0 aromatic heterocycles. The summed E-state index contributed by atoms with van der Waals surface area (Å²) in [5.41, 5.74) is -0.148. The third-order valence-electron chi connectivity index (χ3n) is 2.66. The molecule has 0 heterocycles. The highest BCUT2D eigenvalue weighted by Crippen LogP contribution is 2.25. The lowest BCUT2D eigenvalue weighted by Crippen LogP contribution is -2.36. The standard InChI is InChI=1S/C12H13ClN2O5/c1-2-8(6-11(16)17)14-12(18)7-3-4-10(15(19)20)9(13)5-7/h3-5,8H,2,6H2,1H3,(H,14,18)(H,16,17). The highest BCUT2D eigenvalue weighted by Gasteiger charge is 2.18. The largest absolute Gasteiger partial charge is 0.481 e. The van der Waals surface area contributed by atoms with Crippen LogP contribution in [0, 0.1) is 10.1 Å². The van der Waals surface area contributed by atoms with Gasteiger partial charge in [-0.05, 0) is 18.6 Å². The molecule has 108 valence electrons. The Bertz CT molecular complexity index is 547. The molecule has 0 fully saturated rings. The zero-order valence-corrected chi connectivity index (χ0v) is 11.4. The maximum Gasteiger partial charge on any atom is 0.305 e. The molecular formula is C12H13ClN2O5. The fourth-order valence-corrected chi connectivity index (χ4v) is 1.82. The van der Waals surface area contributed by atoms with Gasteiger partial charge in [-0.1, -0.05) is 18.5 Å². The highest BCUT2D eigenvalue weighted by molar-refractivity contribution is 6.33. The Balaban J connectivity index is 2.84. The number of nitrogens with one attached hydrogen (secondary N) is 1. The zero-order valence-electron chi connectivity index (χ0n) is 10.6. The van der Waals surface area contributed by atoms with Crippen molar-refractivity contribution < 1.29 is 19.6 Å². The van der Waals surface area contributed by atoms with E-state index in [0.29, 0.717) is 6.42 Å². The minimum Gasteiger partial charge on any atom is -0.481 e. The van der Waals surface area contributed by atoms with Gasteiger partial charge in [0.1, 0.15) is 5.02 Å². The van der Waals surface area contributed by atoms with Gasteiger partial charge in [-0.25, -0.2) is 0 Å². The van der Waals surface area contributed by atoms with Gasteiger partial charge in [-0.3, -0.25) is 19.7 Å². The van der Waals surface area contributed by atoms with Crippen molar-refractivity contribution in [1.82, 2.24) is 5.32 Å². The number of halogens is 1. The number of carboxylic acids is 1. The summed E-state index contributed by atoms with van der Waals surface area (Å²) in [6, 6.07) is 3.08. The third kappa shape index (κ3) is 4.20. The van der Waals surface area contributed by atoms with E-state index in [1.54, 1.807) is 6.92 Å². The van der Waals surface area contributed by atoms with E-state index in [1.807, 2.05) is 0 Å². The lowest BCUT2D eigenvalue weighted by molar-refractivity contribution is -0.384. The number of carbonyl (C=O) groups excluding carboxylic acids is 1. The second kappa shape index (κ2) is 6.85. The zero-order chi connectivity index (χ0) is 15.3. The van der Waals surface area contributed by atoms with Gasteiger partial charge >= 0.3 is 5.97 Å². The van der Waals surface area contributed by atoms with E-state index < -0.39 is 22.8 Å². The van der Waals surface area contributed by atoms with E-state index >= 15 is 0 Å². The number of hydrogen-bond donors (Lipinski definition) is 2. The Morgan fingerprint density at radius 3 is 2.60 bits per heavy atom. The first-order valence-electron chi connectivity index (χ1n) is 5.81. The molecule has 1 atom stereocenters. The minimum absolute atomic E-state index is 0.143. The van der Waals surface area contributed by atoms with E-state index in [4.69, 9.17) is 16.7 Å². The van der Waals surface area contributed by atoms with E-state index in [-0.39, 0.29) is 22.7 Å². The monoisotopic (exact) mass is 300 g/mol. The van der Waals surface area contributed by atoms with Crippen molar-refractivity contribution in [2.24, 2.45) is 0 Å². The molecule has 1 amide bonds. The maximum atomic E-state index is 11.9. The molecule has 0 saturated heterocycles. The van der Waals surface area contributed by atoms with E-state index in [0.717, 1.165) is 6.07 Å². The van der Waals surface area contributed by atoms with Crippen molar-refractivity contribution >= 4 is 29.2 Å². The Morgan fingerprint density at radius 1 is 1.50 bits per heavy atom. The topological polar surface area (TPSA) is 110 Å². The SMILES string of the molecule is CCC(CC(=O)O)NC(=O)c1ccc([N+](=O)[O-])c(Cl)c1. The molecule has 1 aromatic rings. The van der Waals surface area contributed by atoms with Gasteiger partial charge in [0.2, 0.25) is 0 Å². The van der Waals surface area contributed by atoms with Crippen LogP contribution in [0.5, 0.6) is 0 Å². The second-order valence-electron chi connectivity index (χ2n) is 4.10. The fourth-order valence-electron chi connectivity index (χ4n) is 1.57. The molecule has 0 bridgehead atoms. The van der Waals surface area contributed by atoms with Crippen LogP contribution in [0.2, 0.25) is 5.02 Å². The van der Waals surface area contributed by atoms with E-state index in [9.17, 15) is 19.7 Å². The summed E-state index contributed by atoms with van der Waals surface area (Å²) in [7, 11) is 0. The number of aliphatic carboxylic acids is 1. The number of nitro benzene ring substituents is 1.